The number of fused-ring (bicyclic) bond motifs is 2. The van der Waals surface area contributed by atoms with Crippen LogP contribution in [0.25, 0.3) is 11.3 Å². The van der Waals surface area contributed by atoms with Gasteiger partial charge in [0.2, 0.25) is 5.91 Å². The van der Waals surface area contributed by atoms with Crippen LogP contribution in [0.1, 0.15) is 44.5 Å². The highest BCUT2D eigenvalue weighted by molar-refractivity contribution is 7.99. The summed E-state index contributed by atoms with van der Waals surface area (Å²) < 4.78 is 22.1. The van der Waals surface area contributed by atoms with Crippen LogP contribution in [-0.4, -0.2) is 31.4 Å². The van der Waals surface area contributed by atoms with Crippen molar-refractivity contribution in [2.24, 2.45) is 17.8 Å². The van der Waals surface area contributed by atoms with Gasteiger partial charge in [-0.25, -0.2) is 9.37 Å². The van der Waals surface area contributed by atoms with Crippen LogP contribution in [0, 0.1) is 23.6 Å². The number of carbonyl (C=O) groups excluding carboxylic acids is 1. The van der Waals surface area contributed by atoms with E-state index in [-0.39, 0.29) is 30.1 Å². The molecule has 0 radical (unpaired) electrons. The van der Waals surface area contributed by atoms with Crippen LogP contribution in [0.3, 0.4) is 0 Å². The lowest BCUT2D eigenvalue weighted by molar-refractivity contribution is -0.113. The van der Waals surface area contributed by atoms with Crippen molar-refractivity contribution < 1.29 is 13.9 Å². The molecule has 0 unspecified atom stereocenters. The second-order valence-electron chi connectivity index (χ2n) is 10.6. The third-order valence-electron chi connectivity index (χ3n) is 8.05. The van der Waals surface area contributed by atoms with Crippen LogP contribution in [0.5, 0.6) is 5.75 Å². The number of halogens is 3. The third-order valence-corrected chi connectivity index (χ3v) is 10.5. The summed E-state index contributed by atoms with van der Waals surface area (Å²) >= 11 is 14.8. The fourth-order valence-corrected chi connectivity index (χ4v) is 7.97. The molecule has 2 bridgehead atoms. The Morgan fingerprint density at radius 2 is 2.05 bits per heavy atom. The Morgan fingerprint density at radius 1 is 1.20 bits per heavy atom. The first kappa shape index (κ1) is 28.5. The van der Waals surface area contributed by atoms with Gasteiger partial charge in [-0.2, -0.15) is 0 Å². The summed E-state index contributed by atoms with van der Waals surface area (Å²) in [6.45, 7) is 2.29. The van der Waals surface area contributed by atoms with Gasteiger partial charge in [0.1, 0.15) is 6.61 Å². The molecule has 1 N–H and O–H groups in total. The smallest absolute Gasteiger partial charge is 0.236 e. The highest BCUT2D eigenvalue weighted by atomic mass is 35.5. The van der Waals surface area contributed by atoms with Gasteiger partial charge in [0.05, 0.1) is 21.5 Å². The second kappa shape index (κ2) is 12.3. The number of hydrogen-bond acceptors (Lipinski definition) is 7. The summed E-state index contributed by atoms with van der Waals surface area (Å²) in [5.41, 5.74) is 1.52. The maximum absolute atomic E-state index is 14.2. The Morgan fingerprint density at radius 3 is 2.80 bits per heavy atom. The highest BCUT2D eigenvalue weighted by Gasteiger charge is 2.43. The van der Waals surface area contributed by atoms with Crippen molar-refractivity contribution in [2.75, 3.05) is 11.1 Å². The topological polar surface area (TPSA) is 81.9 Å². The normalized spacial score (nSPS) is 20.3. The summed E-state index contributed by atoms with van der Waals surface area (Å²) in [5.74, 6) is 2.30. The number of ether oxygens (including phenoxy) is 1. The monoisotopic (exact) mass is 631 g/mol. The average molecular weight is 633 g/mol. The van der Waals surface area contributed by atoms with Crippen LogP contribution >= 0.6 is 46.3 Å². The molecule has 0 spiro atoms. The Kier molecular flexibility index (Phi) is 8.53. The summed E-state index contributed by atoms with van der Waals surface area (Å²) in [4.78, 5) is 17.4. The molecule has 1 amide bonds. The molecule has 2 fully saturated rings. The van der Waals surface area contributed by atoms with Crippen LogP contribution in [-0.2, 0) is 11.4 Å². The molecule has 2 heterocycles. The van der Waals surface area contributed by atoms with Crippen molar-refractivity contribution in [3.8, 4) is 17.0 Å². The molecule has 6 rings (SSSR count). The maximum atomic E-state index is 14.2. The second-order valence-corrected chi connectivity index (χ2v) is 13.2. The lowest BCUT2D eigenvalue weighted by Crippen LogP contribution is -2.25. The van der Waals surface area contributed by atoms with Gasteiger partial charge in [0, 0.05) is 17.0 Å². The molecule has 4 atom stereocenters. The lowest BCUT2D eigenvalue weighted by atomic mass is 9.84. The number of para-hydroxylation sites is 1. The van der Waals surface area contributed by atoms with Crippen molar-refractivity contribution in [3.63, 3.8) is 0 Å². The molecule has 0 saturated heterocycles. The van der Waals surface area contributed by atoms with Crippen molar-refractivity contribution in [3.05, 3.63) is 69.5 Å². The zero-order valence-electron chi connectivity index (χ0n) is 22.2. The van der Waals surface area contributed by atoms with E-state index < -0.39 is 5.82 Å². The van der Waals surface area contributed by atoms with Crippen molar-refractivity contribution in [1.29, 1.82) is 0 Å². The van der Waals surface area contributed by atoms with Crippen molar-refractivity contribution in [2.45, 2.75) is 50.4 Å². The standard InChI is InChI=1S/C29H28Cl2FN5O2S2/c1-16(20-11-17-6-7-18(20)10-17)37-26(13-39-25-5-3-2-4-23(25)32)35-36-29(37)41-15-27(38)34-28-33-24(14-40-28)19-8-9-21(30)22(31)12-19/h2-5,8-9,12,14,16-18,20H,6-7,10-11,13,15H2,1H3,(H,33,34,38)/t16-,17+,18+,20-/m0/s1. The Balaban J connectivity index is 1.15. The first-order valence-electron chi connectivity index (χ1n) is 13.5. The summed E-state index contributed by atoms with van der Waals surface area (Å²) in [6.07, 6.45) is 5.03. The molecular formula is C29H28Cl2FN5O2S2. The van der Waals surface area contributed by atoms with Crippen molar-refractivity contribution >= 4 is 57.3 Å². The SMILES string of the molecule is C[C@@H]([C@@H]1C[C@@H]2CC[C@@H]1C2)n1c(COc2ccccc2F)nnc1SCC(=O)Nc1nc(-c2ccc(Cl)c(Cl)c2)cs1. The number of carbonyl (C=O) groups is 1. The van der Waals surface area contributed by atoms with Crippen LogP contribution in [0.4, 0.5) is 9.52 Å². The van der Waals surface area contributed by atoms with Gasteiger partial charge in [0.25, 0.3) is 0 Å². The molecule has 0 aliphatic heterocycles. The molecular weight excluding hydrogens is 604 g/mol. The molecule has 4 aromatic rings. The van der Waals surface area contributed by atoms with E-state index in [4.69, 9.17) is 27.9 Å². The van der Waals surface area contributed by atoms with E-state index in [1.54, 1.807) is 30.3 Å². The van der Waals surface area contributed by atoms with E-state index in [9.17, 15) is 9.18 Å². The van der Waals surface area contributed by atoms with Gasteiger partial charge in [-0.15, -0.1) is 21.5 Å². The number of aromatic nitrogens is 4. The molecule has 2 aromatic heterocycles. The fraction of sp³-hybridized carbons (Fsp3) is 0.379. The van der Waals surface area contributed by atoms with Gasteiger partial charge in [-0.3, -0.25) is 9.36 Å². The van der Waals surface area contributed by atoms with E-state index in [0.717, 1.165) is 11.5 Å². The zero-order chi connectivity index (χ0) is 28.5. The summed E-state index contributed by atoms with van der Waals surface area (Å²) in [7, 11) is 0. The number of benzene rings is 2. The molecule has 2 aromatic carbocycles. The molecule has 2 aliphatic carbocycles. The first-order chi connectivity index (χ1) is 19.9. The van der Waals surface area contributed by atoms with Gasteiger partial charge >= 0.3 is 0 Å². The number of nitrogens with one attached hydrogen (secondary N) is 1. The van der Waals surface area contributed by atoms with Gasteiger partial charge in [0.15, 0.2) is 27.7 Å². The minimum Gasteiger partial charge on any atom is -0.483 e. The molecule has 214 valence electrons. The largest absolute Gasteiger partial charge is 0.483 e. The van der Waals surface area contributed by atoms with Gasteiger partial charge in [-0.05, 0) is 68.2 Å². The maximum Gasteiger partial charge on any atom is 0.236 e. The Labute approximate surface area is 255 Å². The van der Waals surface area contributed by atoms with Gasteiger partial charge in [-0.1, -0.05) is 59.6 Å². The molecule has 7 nitrogen and oxygen atoms in total. The molecule has 41 heavy (non-hydrogen) atoms. The van der Waals surface area contributed by atoms with Crippen LogP contribution in [0.2, 0.25) is 10.0 Å². The van der Waals surface area contributed by atoms with E-state index in [2.05, 4.69) is 32.0 Å². The van der Waals surface area contributed by atoms with Crippen molar-refractivity contribution in [1.82, 2.24) is 19.7 Å². The lowest BCUT2D eigenvalue weighted by Gasteiger charge is -2.30. The predicted octanol–water partition coefficient (Wildman–Crippen LogP) is 8.15. The predicted molar refractivity (Wildman–Crippen MR) is 161 cm³/mol. The minimum atomic E-state index is -0.421. The van der Waals surface area contributed by atoms with E-state index in [0.29, 0.717) is 43.7 Å². The molecule has 12 heteroatoms. The Hall–Kier alpha value is -2.66. The number of amides is 1. The first-order valence-corrected chi connectivity index (χ1v) is 16.1. The zero-order valence-corrected chi connectivity index (χ0v) is 25.4. The summed E-state index contributed by atoms with van der Waals surface area (Å²) in [5, 5.41) is 15.6. The fourth-order valence-electron chi connectivity index (χ4n) is 6.10. The van der Waals surface area contributed by atoms with E-state index in [1.807, 2.05) is 11.4 Å². The third kappa shape index (κ3) is 6.26. The minimum absolute atomic E-state index is 0.0858. The van der Waals surface area contributed by atoms with Gasteiger partial charge < -0.3 is 10.1 Å². The van der Waals surface area contributed by atoms with Crippen LogP contribution in [0.15, 0.2) is 53.0 Å². The van der Waals surface area contributed by atoms with E-state index in [1.165, 1.54) is 54.8 Å². The quantitative estimate of drug-likeness (QED) is 0.178. The Bertz CT molecular complexity index is 1560. The number of thiazole rings is 1. The average Bonchev–Trinajstić information content (AvgIpc) is 3.77. The summed E-state index contributed by atoms with van der Waals surface area (Å²) in [6, 6.07) is 11.8. The number of hydrogen-bond donors (Lipinski definition) is 1. The van der Waals surface area contributed by atoms with Crippen LogP contribution < -0.4 is 10.1 Å². The molecule has 2 saturated carbocycles. The number of anilines is 1. The highest BCUT2D eigenvalue weighted by Crippen LogP contribution is 2.52. The molecule has 2 aliphatic rings. The van der Waals surface area contributed by atoms with E-state index >= 15 is 0 Å². The number of thioether (sulfide) groups is 1. The number of rotatable bonds is 10. The number of nitrogens with zero attached hydrogens (tertiary/aromatic N) is 4.